The molecule has 1 fully saturated rings. The van der Waals surface area contributed by atoms with E-state index in [4.69, 9.17) is 18.9 Å². The fourth-order valence-electron chi connectivity index (χ4n) is 4.48. The zero-order valence-electron chi connectivity index (χ0n) is 18.4. The zero-order valence-corrected chi connectivity index (χ0v) is 18.4. The summed E-state index contributed by atoms with van der Waals surface area (Å²) in [5.74, 6) is 2.45. The third kappa shape index (κ3) is 4.35. The molecule has 2 atom stereocenters. The van der Waals surface area contributed by atoms with E-state index in [1.165, 1.54) is 16.8 Å². The van der Waals surface area contributed by atoms with Crippen LogP contribution in [0.25, 0.3) is 0 Å². The number of rotatable bonds is 6. The SMILES string of the molecule is COc1ccc(N2CCN(C[C@@H]3O[C@@H](C)Cc4cc(OC)c(OC)cc43)CC2)cc1. The van der Waals surface area contributed by atoms with Crippen molar-refractivity contribution in [1.29, 1.82) is 0 Å². The minimum atomic E-state index is 0.0519. The summed E-state index contributed by atoms with van der Waals surface area (Å²) in [5, 5.41) is 0. The molecule has 2 aromatic carbocycles. The van der Waals surface area contributed by atoms with Gasteiger partial charge in [-0.25, -0.2) is 0 Å². The average molecular weight is 413 g/mol. The summed E-state index contributed by atoms with van der Waals surface area (Å²) >= 11 is 0. The topological polar surface area (TPSA) is 43.4 Å². The Morgan fingerprint density at radius 3 is 2.20 bits per heavy atom. The van der Waals surface area contributed by atoms with E-state index in [1.807, 2.05) is 12.1 Å². The first-order valence-electron chi connectivity index (χ1n) is 10.6. The van der Waals surface area contributed by atoms with Gasteiger partial charge in [0.05, 0.1) is 33.5 Å². The smallest absolute Gasteiger partial charge is 0.161 e. The average Bonchev–Trinajstić information content (AvgIpc) is 2.78. The van der Waals surface area contributed by atoms with Crippen LogP contribution < -0.4 is 19.1 Å². The summed E-state index contributed by atoms with van der Waals surface area (Å²) in [5.41, 5.74) is 3.77. The van der Waals surface area contributed by atoms with Crippen molar-refractivity contribution in [3.05, 3.63) is 47.5 Å². The Morgan fingerprint density at radius 1 is 0.900 bits per heavy atom. The first kappa shape index (κ1) is 20.8. The molecule has 1 saturated heterocycles. The van der Waals surface area contributed by atoms with Crippen molar-refractivity contribution in [3.63, 3.8) is 0 Å². The number of piperazine rings is 1. The molecule has 4 rings (SSSR count). The molecule has 6 nitrogen and oxygen atoms in total. The molecule has 0 N–H and O–H groups in total. The van der Waals surface area contributed by atoms with Gasteiger partial charge in [0.15, 0.2) is 11.5 Å². The van der Waals surface area contributed by atoms with Crippen molar-refractivity contribution >= 4 is 5.69 Å². The van der Waals surface area contributed by atoms with Gasteiger partial charge in [0, 0.05) is 38.4 Å². The van der Waals surface area contributed by atoms with Gasteiger partial charge in [0.1, 0.15) is 5.75 Å². The first-order chi connectivity index (χ1) is 14.6. The van der Waals surface area contributed by atoms with E-state index >= 15 is 0 Å². The molecule has 0 spiro atoms. The molecule has 2 heterocycles. The Kier molecular flexibility index (Phi) is 6.35. The third-order valence-corrected chi connectivity index (χ3v) is 6.13. The van der Waals surface area contributed by atoms with Crippen molar-refractivity contribution in [1.82, 2.24) is 4.90 Å². The van der Waals surface area contributed by atoms with Crippen LogP contribution in [0.3, 0.4) is 0 Å². The van der Waals surface area contributed by atoms with E-state index in [1.54, 1.807) is 21.3 Å². The molecule has 2 aliphatic heterocycles. The molecule has 0 bridgehead atoms. The summed E-state index contributed by atoms with van der Waals surface area (Å²) in [4.78, 5) is 4.94. The van der Waals surface area contributed by atoms with Gasteiger partial charge in [-0.05, 0) is 60.9 Å². The van der Waals surface area contributed by atoms with E-state index < -0.39 is 0 Å². The molecule has 2 aliphatic rings. The van der Waals surface area contributed by atoms with E-state index in [0.29, 0.717) is 0 Å². The van der Waals surface area contributed by atoms with Crippen LogP contribution in [0.2, 0.25) is 0 Å². The summed E-state index contributed by atoms with van der Waals surface area (Å²) < 4.78 is 22.7. The lowest BCUT2D eigenvalue weighted by Crippen LogP contribution is -2.48. The molecule has 0 saturated carbocycles. The zero-order chi connectivity index (χ0) is 21.1. The highest BCUT2D eigenvalue weighted by molar-refractivity contribution is 5.50. The maximum Gasteiger partial charge on any atom is 0.161 e. The number of fused-ring (bicyclic) bond motifs is 1. The number of benzene rings is 2. The first-order valence-corrected chi connectivity index (χ1v) is 10.6. The number of anilines is 1. The van der Waals surface area contributed by atoms with Gasteiger partial charge in [0.25, 0.3) is 0 Å². The molecule has 2 aromatic rings. The lowest BCUT2D eigenvalue weighted by Gasteiger charge is -2.39. The van der Waals surface area contributed by atoms with Crippen LogP contribution in [0.1, 0.15) is 24.2 Å². The number of hydrogen-bond acceptors (Lipinski definition) is 6. The molecule has 6 heteroatoms. The van der Waals surface area contributed by atoms with Gasteiger partial charge in [-0.15, -0.1) is 0 Å². The van der Waals surface area contributed by atoms with E-state index in [2.05, 4.69) is 41.0 Å². The number of nitrogens with zero attached hydrogens (tertiary/aromatic N) is 2. The molecular formula is C24H32N2O4. The lowest BCUT2D eigenvalue weighted by atomic mass is 9.93. The number of hydrogen-bond donors (Lipinski definition) is 0. The van der Waals surface area contributed by atoms with Crippen molar-refractivity contribution < 1.29 is 18.9 Å². The van der Waals surface area contributed by atoms with Crippen LogP contribution in [-0.4, -0.2) is 65.1 Å². The second-order valence-electron chi connectivity index (χ2n) is 8.03. The highest BCUT2D eigenvalue weighted by Gasteiger charge is 2.30. The van der Waals surface area contributed by atoms with E-state index in [-0.39, 0.29) is 12.2 Å². The number of ether oxygens (including phenoxy) is 4. The predicted octanol–water partition coefficient (Wildman–Crippen LogP) is 3.54. The molecule has 0 amide bonds. The minimum Gasteiger partial charge on any atom is -0.497 e. The Balaban J connectivity index is 1.43. The van der Waals surface area contributed by atoms with E-state index in [9.17, 15) is 0 Å². The van der Waals surface area contributed by atoms with Crippen molar-refractivity contribution in [2.75, 3.05) is 59.0 Å². The second-order valence-corrected chi connectivity index (χ2v) is 8.03. The summed E-state index contributed by atoms with van der Waals surface area (Å²) in [6, 6.07) is 12.5. The Labute approximate surface area is 179 Å². The highest BCUT2D eigenvalue weighted by atomic mass is 16.5. The van der Waals surface area contributed by atoms with Crippen molar-refractivity contribution in [3.8, 4) is 17.2 Å². The van der Waals surface area contributed by atoms with Gasteiger partial charge in [-0.3, -0.25) is 4.90 Å². The van der Waals surface area contributed by atoms with Gasteiger partial charge in [-0.2, -0.15) is 0 Å². The van der Waals surface area contributed by atoms with Crippen LogP contribution in [0.5, 0.6) is 17.2 Å². The standard InChI is InChI=1S/C24H32N2O4/c1-17-13-18-14-22(28-3)23(29-4)15-21(18)24(30-17)16-25-9-11-26(12-10-25)19-5-7-20(27-2)8-6-19/h5-8,14-15,17,24H,9-13,16H2,1-4H3/t17-,24-/m0/s1. The Morgan fingerprint density at radius 2 is 1.57 bits per heavy atom. The minimum absolute atomic E-state index is 0.0519. The molecule has 0 aromatic heterocycles. The Hall–Kier alpha value is -2.44. The normalized spacial score (nSPS) is 21.8. The molecule has 162 valence electrons. The van der Waals surface area contributed by atoms with Gasteiger partial charge in [0.2, 0.25) is 0 Å². The molecule has 0 unspecified atom stereocenters. The summed E-state index contributed by atoms with van der Waals surface area (Å²) in [6.45, 7) is 7.09. The fraction of sp³-hybridized carbons (Fsp3) is 0.500. The van der Waals surface area contributed by atoms with Crippen LogP contribution in [0.4, 0.5) is 5.69 Å². The third-order valence-electron chi connectivity index (χ3n) is 6.13. The van der Waals surface area contributed by atoms with Crippen LogP contribution >= 0.6 is 0 Å². The van der Waals surface area contributed by atoms with Crippen LogP contribution in [0, 0.1) is 0 Å². The lowest BCUT2D eigenvalue weighted by molar-refractivity contribution is -0.0337. The van der Waals surface area contributed by atoms with E-state index in [0.717, 1.165) is 56.4 Å². The molecule has 30 heavy (non-hydrogen) atoms. The van der Waals surface area contributed by atoms with Gasteiger partial charge >= 0.3 is 0 Å². The largest absolute Gasteiger partial charge is 0.497 e. The monoisotopic (exact) mass is 412 g/mol. The Bertz CT molecular complexity index is 847. The molecule has 0 radical (unpaired) electrons. The second kappa shape index (κ2) is 9.14. The highest BCUT2D eigenvalue weighted by Crippen LogP contribution is 2.39. The fourth-order valence-corrected chi connectivity index (χ4v) is 4.48. The predicted molar refractivity (Wildman–Crippen MR) is 118 cm³/mol. The quantitative estimate of drug-likeness (QED) is 0.723. The summed E-state index contributed by atoms with van der Waals surface area (Å²) in [6.07, 6.45) is 1.15. The summed E-state index contributed by atoms with van der Waals surface area (Å²) in [7, 11) is 5.07. The van der Waals surface area contributed by atoms with Crippen LogP contribution in [0.15, 0.2) is 36.4 Å². The maximum absolute atomic E-state index is 6.36. The van der Waals surface area contributed by atoms with Crippen LogP contribution in [-0.2, 0) is 11.2 Å². The van der Waals surface area contributed by atoms with Crippen molar-refractivity contribution in [2.45, 2.75) is 25.6 Å². The van der Waals surface area contributed by atoms with Gasteiger partial charge < -0.3 is 23.8 Å². The number of methoxy groups -OCH3 is 3. The molecule has 0 aliphatic carbocycles. The molecular weight excluding hydrogens is 380 g/mol. The maximum atomic E-state index is 6.36. The van der Waals surface area contributed by atoms with Crippen molar-refractivity contribution in [2.24, 2.45) is 0 Å². The van der Waals surface area contributed by atoms with Gasteiger partial charge in [-0.1, -0.05) is 0 Å².